The van der Waals surface area contributed by atoms with Crippen LogP contribution in [0.3, 0.4) is 0 Å². The van der Waals surface area contributed by atoms with Crippen LogP contribution in [0.2, 0.25) is 0 Å². The van der Waals surface area contributed by atoms with Crippen LogP contribution in [0, 0.1) is 0 Å². The van der Waals surface area contributed by atoms with Crippen molar-refractivity contribution in [2.45, 2.75) is 25.9 Å². The summed E-state index contributed by atoms with van der Waals surface area (Å²) in [4.78, 5) is 0. The van der Waals surface area contributed by atoms with Gasteiger partial charge in [-0.3, -0.25) is 4.21 Å². The van der Waals surface area contributed by atoms with E-state index in [0.29, 0.717) is 5.75 Å². The van der Waals surface area contributed by atoms with E-state index in [0.717, 1.165) is 0 Å². The molecule has 0 aliphatic carbocycles. The fourth-order valence-corrected chi connectivity index (χ4v) is 3.20. The fraction of sp³-hybridized carbons (Fsp3) is 0.375. The molecule has 19 heavy (non-hydrogen) atoms. The molecule has 2 aromatic rings. The van der Waals surface area contributed by atoms with E-state index in [1.165, 1.54) is 16.3 Å². The zero-order valence-corrected chi connectivity index (χ0v) is 12.5. The molecule has 3 unspecified atom stereocenters. The Kier molecular flexibility index (Phi) is 4.72. The van der Waals surface area contributed by atoms with Gasteiger partial charge in [-0.2, -0.15) is 0 Å². The van der Waals surface area contributed by atoms with Crippen LogP contribution >= 0.6 is 0 Å². The third-order valence-electron chi connectivity index (χ3n) is 3.29. The van der Waals surface area contributed by atoms with Gasteiger partial charge in [-0.25, -0.2) is 0 Å². The number of hydrogen-bond acceptors (Lipinski definition) is 2. The molecule has 2 rings (SSSR count). The lowest BCUT2D eigenvalue weighted by Crippen LogP contribution is -2.33. The number of hydrogen-bond donors (Lipinski definition) is 1. The van der Waals surface area contributed by atoms with Gasteiger partial charge in [0.2, 0.25) is 0 Å². The predicted octanol–water partition coefficient (Wildman–Crippen LogP) is 3.26. The van der Waals surface area contributed by atoms with Gasteiger partial charge in [0, 0.05) is 34.9 Å². The Balaban J connectivity index is 2.12. The van der Waals surface area contributed by atoms with Gasteiger partial charge in [-0.05, 0) is 36.2 Å². The highest BCUT2D eigenvalue weighted by atomic mass is 32.2. The van der Waals surface area contributed by atoms with E-state index in [-0.39, 0.29) is 12.1 Å². The Morgan fingerprint density at radius 1 is 1.11 bits per heavy atom. The summed E-state index contributed by atoms with van der Waals surface area (Å²) in [5.74, 6) is 0.692. The number of rotatable bonds is 5. The molecule has 0 saturated carbocycles. The summed E-state index contributed by atoms with van der Waals surface area (Å²) in [6, 6.07) is 15.4. The quantitative estimate of drug-likeness (QED) is 0.907. The summed E-state index contributed by atoms with van der Waals surface area (Å²) < 4.78 is 11.2. The zero-order valence-electron chi connectivity index (χ0n) is 11.7. The lowest BCUT2D eigenvalue weighted by molar-refractivity contribution is 0.508. The summed E-state index contributed by atoms with van der Waals surface area (Å²) in [6.45, 7) is 4.23. The minimum absolute atomic E-state index is 0.257. The van der Waals surface area contributed by atoms with Gasteiger partial charge in [0.1, 0.15) is 0 Å². The maximum Gasteiger partial charge on any atom is 0.0383 e. The van der Waals surface area contributed by atoms with E-state index in [2.05, 4.69) is 61.6 Å². The highest BCUT2D eigenvalue weighted by Gasteiger charge is 2.10. The van der Waals surface area contributed by atoms with Crippen molar-refractivity contribution in [1.29, 1.82) is 0 Å². The van der Waals surface area contributed by atoms with Crippen LogP contribution in [0.4, 0.5) is 0 Å². The first kappa shape index (κ1) is 14.2. The molecule has 0 fully saturated rings. The van der Waals surface area contributed by atoms with Crippen molar-refractivity contribution in [3.05, 3.63) is 48.0 Å². The summed E-state index contributed by atoms with van der Waals surface area (Å²) in [6.07, 6.45) is 1.75. The molecule has 3 heteroatoms. The van der Waals surface area contributed by atoms with Gasteiger partial charge in [0.15, 0.2) is 0 Å². The minimum atomic E-state index is -0.753. The third-order valence-corrected chi connectivity index (χ3v) is 4.26. The molecule has 102 valence electrons. The normalized spacial score (nSPS) is 16.2. The number of benzene rings is 2. The summed E-state index contributed by atoms with van der Waals surface area (Å²) in [5, 5.41) is 6.03. The molecule has 0 aliphatic heterocycles. The summed E-state index contributed by atoms with van der Waals surface area (Å²) in [7, 11) is -0.753. The third kappa shape index (κ3) is 3.88. The van der Waals surface area contributed by atoms with E-state index >= 15 is 0 Å². The van der Waals surface area contributed by atoms with E-state index in [1.54, 1.807) is 6.26 Å². The highest BCUT2D eigenvalue weighted by molar-refractivity contribution is 7.84. The molecule has 0 aromatic heterocycles. The first-order valence-electron chi connectivity index (χ1n) is 6.61. The van der Waals surface area contributed by atoms with Crippen molar-refractivity contribution in [3.8, 4) is 0 Å². The molecular weight excluding hydrogens is 254 g/mol. The molecule has 2 nitrogen and oxygen atoms in total. The van der Waals surface area contributed by atoms with Crippen molar-refractivity contribution in [3.63, 3.8) is 0 Å². The monoisotopic (exact) mass is 275 g/mol. The Hall–Kier alpha value is -1.19. The average Bonchev–Trinajstić information content (AvgIpc) is 2.37. The van der Waals surface area contributed by atoms with E-state index in [1.807, 2.05) is 0 Å². The van der Waals surface area contributed by atoms with Gasteiger partial charge in [0.25, 0.3) is 0 Å². The van der Waals surface area contributed by atoms with Gasteiger partial charge in [0.05, 0.1) is 0 Å². The average molecular weight is 275 g/mol. The van der Waals surface area contributed by atoms with Crippen LogP contribution in [-0.2, 0) is 10.8 Å². The van der Waals surface area contributed by atoms with Crippen LogP contribution in [0.15, 0.2) is 42.5 Å². The first-order valence-corrected chi connectivity index (χ1v) is 8.34. The summed E-state index contributed by atoms with van der Waals surface area (Å²) in [5.41, 5.74) is 1.27. The van der Waals surface area contributed by atoms with Crippen molar-refractivity contribution < 1.29 is 4.21 Å². The van der Waals surface area contributed by atoms with Gasteiger partial charge >= 0.3 is 0 Å². The molecule has 0 saturated heterocycles. The molecule has 0 spiro atoms. The van der Waals surface area contributed by atoms with Gasteiger partial charge < -0.3 is 5.32 Å². The molecule has 1 N–H and O–H groups in total. The summed E-state index contributed by atoms with van der Waals surface area (Å²) >= 11 is 0. The molecule has 0 radical (unpaired) electrons. The molecular formula is C16H21NOS. The Morgan fingerprint density at radius 3 is 2.47 bits per heavy atom. The molecule has 2 aromatic carbocycles. The molecule has 0 bridgehead atoms. The van der Waals surface area contributed by atoms with Gasteiger partial charge in [-0.1, -0.05) is 36.4 Å². The Bertz CT molecular complexity index is 582. The molecule has 0 aliphatic rings. The number of fused-ring (bicyclic) bond motifs is 1. The first-order chi connectivity index (χ1) is 9.06. The van der Waals surface area contributed by atoms with Crippen LogP contribution < -0.4 is 5.32 Å². The lowest BCUT2D eigenvalue weighted by atomic mass is 10.0. The van der Waals surface area contributed by atoms with E-state index < -0.39 is 10.8 Å². The fourth-order valence-electron chi connectivity index (χ4n) is 2.40. The Morgan fingerprint density at radius 2 is 1.79 bits per heavy atom. The molecule has 0 amide bonds. The zero-order chi connectivity index (χ0) is 13.8. The topological polar surface area (TPSA) is 29.1 Å². The van der Waals surface area contributed by atoms with Gasteiger partial charge in [-0.15, -0.1) is 0 Å². The van der Waals surface area contributed by atoms with Crippen LogP contribution in [0.25, 0.3) is 10.8 Å². The van der Waals surface area contributed by atoms with Crippen molar-refractivity contribution in [2.24, 2.45) is 0 Å². The predicted molar refractivity (Wildman–Crippen MR) is 83.9 cm³/mol. The van der Waals surface area contributed by atoms with E-state index in [9.17, 15) is 4.21 Å². The molecule has 0 heterocycles. The van der Waals surface area contributed by atoms with Crippen molar-refractivity contribution in [1.82, 2.24) is 5.32 Å². The lowest BCUT2D eigenvalue weighted by Gasteiger charge is -2.20. The maximum absolute atomic E-state index is 11.2. The second kappa shape index (κ2) is 6.31. The van der Waals surface area contributed by atoms with Crippen LogP contribution in [0.5, 0.6) is 0 Å². The molecule has 3 atom stereocenters. The van der Waals surface area contributed by atoms with Crippen LogP contribution in [0.1, 0.15) is 25.5 Å². The van der Waals surface area contributed by atoms with Crippen molar-refractivity contribution in [2.75, 3.05) is 12.0 Å². The largest absolute Gasteiger partial charge is 0.307 e. The smallest absolute Gasteiger partial charge is 0.0383 e. The minimum Gasteiger partial charge on any atom is -0.307 e. The highest BCUT2D eigenvalue weighted by Crippen LogP contribution is 2.20. The standard InChI is InChI=1S/C16H21NOS/c1-12(11-19(3)18)17-13(2)15-9-8-14-6-4-5-7-16(14)10-15/h4-10,12-13,17H,11H2,1-3H3. The van der Waals surface area contributed by atoms with Crippen molar-refractivity contribution >= 4 is 21.6 Å². The number of nitrogens with one attached hydrogen (secondary N) is 1. The van der Waals surface area contributed by atoms with Crippen LogP contribution in [-0.4, -0.2) is 22.3 Å². The second-order valence-electron chi connectivity index (χ2n) is 5.14. The second-order valence-corrected chi connectivity index (χ2v) is 6.62. The maximum atomic E-state index is 11.2. The SMILES string of the molecule is CC(CS(C)=O)NC(C)c1ccc2ccccc2c1. The Labute approximate surface area is 117 Å². The van der Waals surface area contributed by atoms with E-state index in [4.69, 9.17) is 0 Å².